The highest BCUT2D eigenvalue weighted by Gasteiger charge is 2.12. The van der Waals surface area contributed by atoms with Crippen molar-refractivity contribution in [2.24, 2.45) is 7.05 Å². The van der Waals surface area contributed by atoms with E-state index in [0.717, 1.165) is 28.2 Å². The van der Waals surface area contributed by atoms with Gasteiger partial charge in [-0.25, -0.2) is 4.68 Å². The van der Waals surface area contributed by atoms with Crippen LogP contribution in [0.25, 0.3) is 5.69 Å². The van der Waals surface area contributed by atoms with Gasteiger partial charge in [0.15, 0.2) is 10.2 Å². The number of hydrogen-bond donors (Lipinski definition) is 0. The molecular formula is C19H20N6OS. The molecule has 0 unspecified atom stereocenters. The second-order valence-electron chi connectivity index (χ2n) is 6.30. The Labute approximate surface area is 161 Å². The summed E-state index contributed by atoms with van der Waals surface area (Å²) < 4.78 is 9.71. The molecule has 0 atom stereocenters. The maximum Gasteiger partial charge on any atom is 0.198 e. The SMILES string of the molecule is CN(Cc1ccc(Sc2nncn2C)o1)Cc1ccccc1-n1cccn1. The Morgan fingerprint density at radius 3 is 2.78 bits per heavy atom. The van der Waals surface area contributed by atoms with Crippen LogP contribution in [0.4, 0.5) is 0 Å². The lowest BCUT2D eigenvalue weighted by molar-refractivity contribution is 0.276. The van der Waals surface area contributed by atoms with Crippen molar-refractivity contribution in [2.75, 3.05) is 7.05 Å². The second-order valence-corrected chi connectivity index (χ2v) is 7.27. The number of aryl methyl sites for hydroxylation is 1. The molecule has 7 nitrogen and oxygen atoms in total. The average molecular weight is 380 g/mol. The van der Waals surface area contributed by atoms with Gasteiger partial charge in [0.2, 0.25) is 0 Å². The predicted octanol–water partition coefficient (Wildman–Crippen LogP) is 3.38. The summed E-state index contributed by atoms with van der Waals surface area (Å²) in [7, 11) is 3.99. The second kappa shape index (κ2) is 7.81. The molecule has 0 aliphatic rings. The summed E-state index contributed by atoms with van der Waals surface area (Å²) in [6.45, 7) is 1.51. The van der Waals surface area contributed by atoms with Crippen molar-refractivity contribution in [1.82, 2.24) is 29.4 Å². The van der Waals surface area contributed by atoms with Crippen LogP contribution in [-0.4, -0.2) is 36.5 Å². The van der Waals surface area contributed by atoms with E-state index in [-0.39, 0.29) is 0 Å². The molecule has 0 aliphatic carbocycles. The molecular weight excluding hydrogens is 360 g/mol. The van der Waals surface area contributed by atoms with Crippen LogP contribution in [0.1, 0.15) is 11.3 Å². The van der Waals surface area contributed by atoms with Gasteiger partial charge in [0.1, 0.15) is 12.1 Å². The third-order valence-corrected chi connectivity index (χ3v) is 5.08. The average Bonchev–Trinajstić information content (AvgIpc) is 3.40. The Bertz CT molecular complexity index is 1010. The van der Waals surface area contributed by atoms with E-state index in [1.807, 2.05) is 46.8 Å². The van der Waals surface area contributed by atoms with E-state index in [2.05, 4.69) is 45.4 Å². The summed E-state index contributed by atoms with van der Waals surface area (Å²) in [4.78, 5) is 2.22. The number of rotatable bonds is 7. The van der Waals surface area contributed by atoms with Crippen molar-refractivity contribution in [3.63, 3.8) is 0 Å². The molecule has 0 amide bonds. The summed E-state index contributed by atoms with van der Waals surface area (Å²) in [6.07, 6.45) is 5.43. The summed E-state index contributed by atoms with van der Waals surface area (Å²) >= 11 is 1.47. The van der Waals surface area contributed by atoms with Crippen LogP contribution in [0.2, 0.25) is 0 Å². The van der Waals surface area contributed by atoms with Crippen molar-refractivity contribution in [2.45, 2.75) is 23.3 Å². The van der Waals surface area contributed by atoms with Crippen LogP contribution in [0, 0.1) is 0 Å². The molecule has 4 aromatic rings. The Balaban J connectivity index is 1.42. The molecule has 0 N–H and O–H groups in total. The molecule has 0 saturated heterocycles. The fourth-order valence-electron chi connectivity index (χ4n) is 2.85. The maximum atomic E-state index is 5.95. The lowest BCUT2D eigenvalue weighted by Crippen LogP contribution is -2.18. The quantitative estimate of drug-likeness (QED) is 0.490. The number of benzene rings is 1. The highest BCUT2D eigenvalue weighted by molar-refractivity contribution is 7.99. The van der Waals surface area contributed by atoms with E-state index < -0.39 is 0 Å². The first-order valence-electron chi connectivity index (χ1n) is 8.56. The summed E-state index contributed by atoms with van der Waals surface area (Å²) in [6, 6.07) is 14.2. The maximum absolute atomic E-state index is 5.95. The number of hydrogen-bond acceptors (Lipinski definition) is 6. The summed E-state index contributed by atoms with van der Waals surface area (Å²) in [5.74, 6) is 0.915. The highest BCUT2D eigenvalue weighted by Crippen LogP contribution is 2.27. The van der Waals surface area contributed by atoms with E-state index >= 15 is 0 Å². The highest BCUT2D eigenvalue weighted by atomic mass is 32.2. The van der Waals surface area contributed by atoms with Gasteiger partial charge in [-0.05, 0) is 48.6 Å². The molecule has 138 valence electrons. The lowest BCUT2D eigenvalue weighted by atomic mass is 10.1. The molecule has 0 radical (unpaired) electrons. The largest absolute Gasteiger partial charge is 0.453 e. The Kier molecular flexibility index (Phi) is 5.08. The minimum absolute atomic E-state index is 0.715. The summed E-state index contributed by atoms with van der Waals surface area (Å²) in [5, 5.41) is 13.9. The van der Waals surface area contributed by atoms with E-state index in [1.165, 1.54) is 17.3 Å². The first-order valence-corrected chi connectivity index (χ1v) is 9.38. The number of furan rings is 1. The smallest absolute Gasteiger partial charge is 0.198 e. The molecule has 1 aromatic carbocycles. The third kappa shape index (κ3) is 4.12. The zero-order chi connectivity index (χ0) is 18.6. The topological polar surface area (TPSA) is 64.9 Å². The molecule has 4 rings (SSSR count). The molecule has 0 spiro atoms. The van der Waals surface area contributed by atoms with Crippen molar-refractivity contribution in [3.05, 3.63) is 72.5 Å². The van der Waals surface area contributed by atoms with Crippen LogP contribution in [0.3, 0.4) is 0 Å². The monoisotopic (exact) mass is 380 g/mol. The molecule has 0 saturated carbocycles. The van der Waals surface area contributed by atoms with Gasteiger partial charge in [-0.2, -0.15) is 5.10 Å². The van der Waals surface area contributed by atoms with Gasteiger partial charge in [0.05, 0.1) is 12.2 Å². The molecule has 27 heavy (non-hydrogen) atoms. The van der Waals surface area contributed by atoms with E-state index in [1.54, 1.807) is 12.5 Å². The number of para-hydroxylation sites is 1. The molecule has 0 fully saturated rings. The van der Waals surface area contributed by atoms with Crippen LogP contribution >= 0.6 is 11.8 Å². The van der Waals surface area contributed by atoms with E-state index in [4.69, 9.17) is 4.42 Å². The van der Waals surface area contributed by atoms with Gasteiger partial charge >= 0.3 is 0 Å². The minimum Gasteiger partial charge on any atom is -0.453 e. The lowest BCUT2D eigenvalue weighted by Gasteiger charge is -2.17. The number of nitrogens with zero attached hydrogens (tertiary/aromatic N) is 6. The van der Waals surface area contributed by atoms with Crippen molar-refractivity contribution in [3.8, 4) is 5.69 Å². The minimum atomic E-state index is 0.715. The van der Waals surface area contributed by atoms with Crippen LogP contribution < -0.4 is 0 Å². The van der Waals surface area contributed by atoms with Gasteiger partial charge < -0.3 is 8.98 Å². The summed E-state index contributed by atoms with van der Waals surface area (Å²) in [5.41, 5.74) is 2.30. The predicted molar refractivity (Wildman–Crippen MR) is 103 cm³/mol. The molecule has 3 heterocycles. The Morgan fingerprint density at radius 1 is 1.11 bits per heavy atom. The first-order chi connectivity index (χ1) is 13.2. The van der Waals surface area contributed by atoms with Gasteiger partial charge in [-0.15, -0.1) is 10.2 Å². The van der Waals surface area contributed by atoms with E-state index in [0.29, 0.717) is 6.54 Å². The Hall–Kier alpha value is -2.84. The fourth-order valence-corrected chi connectivity index (χ4v) is 3.59. The van der Waals surface area contributed by atoms with Gasteiger partial charge in [-0.1, -0.05) is 18.2 Å². The molecule has 0 aliphatic heterocycles. The van der Waals surface area contributed by atoms with E-state index in [9.17, 15) is 0 Å². The zero-order valence-electron chi connectivity index (χ0n) is 15.2. The van der Waals surface area contributed by atoms with Gasteiger partial charge in [0, 0.05) is 26.0 Å². The van der Waals surface area contributed by atoms with Crippen molar-refractivity contribution >= 4 is 11.8 Å². The van der Waals surface area contributed by atoms with Crippen LogP contribution in [0.5, 0.6) is 0 Å². The van der Waals surface area contributed by atoms with Crippen molar-refractivity contribution < 1.29 is 4.42 Å². The molecule has 0 bridgehead atoms. The van der Waals surface area contributed by atoms with Crippen LogP contribution in [-0.2, 0) is 20.1 Å². The van der Waals surface area contributed by atoms with Crippen molar-refractivity contribution in [1.29, 1.82) is 0 Å². The normalized spacial score (nSPS) is 11.4. The van der Waals surface area contributed by atoms with Crippen LogP contribution in [0.15, 0.2) is 75.9 Å². The fraction of sp³-hybridized carbons (Fsp3) is 0.211. The standard InChI is InChI=1S/C19H20N6OS/c1-23(12-15-6-3-4-7-17(15)25-11-5-10-21-25)13-16-8-9-18(26-16)27-19-22-20-14-24(19)2/h3-11,14H,12-13H2,1-2H3. The molecule has 3 aromatic heterocycles. The molecule has 8 heteroatoms. The Morgan fingerprint density at radius 2 is 2.00 bits per heavy atom. The third-order valence-electron chi connectivity index (χ3n) is 4.11. The van der Waals surface area contributed by atoms with Gasteiger partial charge in [-0.3, -0.25) is 4.90 Å². The number of aromatic nitrogens is 5. The zero-order valence-corrected chi connectivity index (χ0v) is 16.0. The van der Waals surface area contributed by atoms with Gasteiger partial charge in [0.25, 0.3) is 0 Å². The first kappa shape index (κ1) is 17.6.